The van der Waals surface area contributed by atoms with Gasteiger partial charge in [-0.25, -0.2) is 0 Å². The maximum Gasteiger partial charge on any atom is 0.0634 e. The largest absolute Gasteiger partial charge is 0.655 e. The van der Waals surface area contributed by atoms with E-state index in [2.05, 4.69) is 25.1 Å². The van der Waals surface area contributed by atoms with Crippen LogP contribution in [0.3, 0.4) is 0 Å². The molecule has 1 aliphatic heterocycles. The first kappa shape index (κ1) is 24.7. The molecule has 2 aliphatic rings. The molecule has 2 unspecified atom stereocenters. The predicted molar refractivity (Wildman–Crippen MR) is 101 cm³/mol. The molecule has 1 aromatic carbocycles. The third-order valence-corrected chi connectivity index (χ3v) is 4.76. The zero-order chi connectivity index (χ0) is 17.9. The summed E-state index contributed by atoms with van der Waals surface area (Å²) in [4.78, 5) is 0. The number of nitrogens with zero attached hydrogens (tertiary/aromatic N) is 1. The van der Waals surface area contributed by atoms with Crippen molar-refractivity contribution >= 4 is 0 Å². The molecule has 144 valence electrons. The van der Waals surface area contributed by atoms with Crippen molar-refractivity contribution in [1.29, 1.82) is 0 Å². The normalized spacial score (nSPS) is 20.6. The zero-order valence-corrected chi connectivity index (χ0v) is 18.9. The molecule has 4 nitrogen and oxygen atoms in total. The Balaban J connectivity index is 0.000000628. The van der Waals surface area contributed by atoms with Gasteiger partial charge in [0.25, 0.3) is 0 Å². The average Bonchev–Trinajstić information content (AvgIpc) is 2.64. The van der Waals surface area contributed by atoms with E-state index in [1.807, 2.05) is 0 Å². The van der Waals surface area contributed by atoms with E-state index < -0.39 is 0 Å². The monoisotopic (exact) mass is 519 g/mol. The van der Waals surface area contributed by atoms with Gasteiger partial charge in [-0.2, -0.15) is 0 Å². The van der Waals surface area contributed by atoms with Crippen molar-refractivity contribution in [3.05, 3.63) is 40.2 Å². The minimum absolute atomic E-state index is 0. The van der Waals surface area contributed by atoms with Crippen molar-refractivity contribution in [2.45, 2.75) is 64.5 Å². The van der Waals surface area contributed by atoms with Crippen LogP contribution in [0.1, 0.15) is 61.8 Å². The molecule has 0 bridgehead atoms. The molecular weight excluding hydrogens is 484 g/mol. The molecule has 0 aromatic heterocycles. The first-order valence-electron chi connectivity index (χ1n) is 9.20. The number of nitrogens with two attached hydrogens (primary N) is 1. The first-order chi connectivity index (χ1) is 11.6. The molecular formula is C20H35N2O2W-. The Morgan fingerprint density at radius 3 is 2.36 bits per heavy atom. The summed E-state index contributed by atoms with van der Waals surface area (Å²) in [5.74, 6) is 0.824. The molecule has 0 radical (unpaired) electrons. The minimum Gasteiger partial charge on any atom is -0.655 e. The number of hydrogen-bond donors (Lipinski definition) is 3. The third kappa shape index (κ3) is 8.32. The van der Waals surface area contributed by atoms with Gasteiger partial charge in [-0.15, -0.1) is 12.6 Å². The molecule has 1 aliphatic carbocycles. The second-order valence-electron chi connectivity index (χ2n) is 6.79. The van der Waals surface area contributed by atoms with Crippen molar-refractivity contribution in [1.82, 2.24) is 0 Å². The van der Waals surface area contributed by atoms with Crippen LogP contribution in [-0.2, 0) is 27.5 Å². The van der Waals surface area contributed by atoms with Crippen molar-refractivity contribution in [3.8, 4) is 0 Å². The summed E-state index contributed by atoms with van der Waals surface area (Å²) in [6.45, 7) is 5.25. The Hall–Kier alpha value is -0.252. The molecule has 1 aromatic rings. The fourth-order valence-electron chi connectivity index (χ4n) is 3.49. The van der Waals surface area contributed by atoms with E-state index in [9.17, 15) is 0 Å². The number of aliphatic hydroxyl groups is 2. The van der Waals surface area contributed by atoms with E-state index in [0.29, 0.717) is 12.6 Å². The molecule has 3 rings (SSSR count). The van der Waals surface area contributed by atoms with Gasteiger partial charge in [0.1, 0.15) is 0 Å². The fourth-order valence-corrected chi connectivity index (χ4v) is 3.49. The number of hydrogen-bond acceptors (Lipinski definition) is 3. The van der Waals surface area contributed by atoms with Gasteiger partial charge in [-0.05, 0) is 25.8 Å². The minimum atomic E-state index is -0.338. The predicted octanol–water partition coefficient (Wildman–Crippen LogP) is 3.48. The quantitative estimate of drug-likeness (QED) is 0.560. The van der Waals surface area contributed by atoms with Gasteiger partial charge in [0.15, 0.2) is 0 Å². The molecule has 2 atom stereocenters. The van der Waals surface area contributed by atoms with E-state index >= 15 is 0 Å². The fraction of sp³-hybridized carbons (Fsp3) is 0.700. The van der Waals surface area contributed by atoms with E-state index in [1.54, 1.807) is 18.1 Å². The number of rotatable bonds is 2. The van der Waals surface area contributed by atoms with Crippen LogP contribution < -0.4 is 5.73 Å². The summed E-state index contributed by atoms with van der Waals surface area (Å²) in [5.41, 5.74) is 9.41. The molecule has 1 heterocycles. The average molecular weight is 519 g/mol. The number of aliphatic hydroxyl groups excluding tert-OH is 2. The molecule has 0 saturated heterocycles. The van der Waals surface area contributed by atoms with Crippen LogP contribution in [0, 0.1) is 12.8 Å². The van der Waals surface area contributed by atoms with E-state index in [-0.39, 0.29) is 27.2 Å². The molecule has 1 saturated carbocycles. The zero-order valence-electron chi connectivity index (χ0n) is 15.9. The molecule has 0 spiro atoms. The van der Waals surface area contributed by atoms with Gasteiger partial charge in [0, 0.05) is 34.7 Å². The molecule has 0 amide bonds. The number of fused-ring (bicyclic) bond motifs is 1. The Morgan fingerprint density at radius 2 is 1.80 bits per heavy atom. The van der Waals surface area contributed by atoms with Crippen LogP contribution >= 0.6 is 0 Å². The summed E-state index contributed by atoms with van der Waals surface area (Å²) < 4.78 is 0. The maximum atomic E-state index is 8.24. The van der Waals surface area contributed by atoms with Crippen LogP contribution in [0.4, 0.5) is 0 Å². The van der Waals surface area contributed by atoms with Crippen molar-refractivity contribution in [2.75, 3.05) is 20.2 Å². The molecule has 25 heavy (non-hydrogen) atoms. The smallest absolute Gasteiger partial charge is 0.0634 e. The topological polar surface area (TPSA) is 80.6 Å². The van der Waals surface area contributed by atoms with Gasteiger partial charge in [-0.3, -0.25) is 0 Å². The van der Waals surface area contributed by atoms with Gasteiger partial charge < -0.3 is 21.3 Å². The van der Waals surface area contributed by atoms with Crippen molar-refractivity contribution in [3.63, 3.8) is 0 Å². The second kappa shape index (κ2) is 13.9. The van der Waals surface area contributed by atoms with Crippen LogP contribution in [0.5, 0.6) is 0 Å². The van der Waals surface area contributed by atoms with E-state index in [1.165, 1.54) is 37.7 Å². The van der Waals surface area contributed by atoms with Gasteiger partial charge >= 0.3 is 0 Å². The first-order valence-corrected chi connectivity index (χ1v) is 9.20. The van der Waals surface area contributed by atoms with Gasteiger partial charge in [0.05, 0.1) is 6.10 Å². The Bertz CT molecular complexity index is 463. The third-order valence-electron chi connectivity index (χ3n) is 4.76. The molecule has 4 N–H and O–H groups in total. The van der Waals surface area contributed by atoms with Crippen LogP contribution in [0.2, 0.25) is 0 Å². The Kier molecular flexibility index (Phi) is 13.7. The molecule has 1 fully saturated rings. The van der Waals surface area contributed by atoms with E-state index in [4.69, 9.17) is 21.3 Å². The summed E-state index contributed by atoms with van der Waals surface area (Å²) in [6.07, 6.45) is 7.86. The summed E-state index contributed by atoms with van der Waals surface area (Å²) >= 11 is 0. The summed E-state index contributed by atoms with van der Waals surface area (Å²) in [7, 11) is 1.00. The van der Waals surface area contributed by atoms with Crippen molar-refractivity contribution < 1.29 is 31.3 Å². The van der Waals surface area contributed by atoms with Crippen LogP contribution in [0.15, 0.2) is 18.2 Å². The number of aryl methyl sites for hydroxylation is 1. The Labute approximate surface area is 167 Å². The second-order valence-corrected chi connectivity index (χ2v) is 6.79. The van der Waals surface area contributed by atoms with Gasteiger partial charge in [-0.1, -0.05) is 67.3 Å². The Morgan fingerprint density at radius 1 is 1.20 bits per heavy atom. The summed E-state index contributed by atoms with van der Waals surface area (Å²) in [5, 5.41) is 20.2. The van der Waals surface area contributed by atoms with Crippen LogP contribution in [-0.4, -0.2) is 36.5 Å². The number of benzene rings is 1. The maximum absolute atomic E-state index is 8.24. The molecule has 5 heteroatoms. The SMILES string of the molecule is CC(O)CN.CO.Cc1ccc2c(c1)C(C1CCCCC1)[N-]CC2.[W]. The van der Waals surface area contributed by atoms with Crippen molar-refractivity contribution in [2.24, 2.45) is 11.7 Å². The van der Waals surface area contributed by atoms with E-state index in [0.717, 1.165) is 26.0 Å². The van der Waals surface area contributed by atoms with Gasteiger partial charge in [0.2, 0.25) is 0 Å². The standard InChI is InChI=1S/C16H22N.C3H9NO.CH4O.W/c1-12-7-8-13-9-10-17-16(15(13)11-12)14-5-3-2-4-6-14;1-3(5)2-4;1-2;/h7-8,11,14,16H,2-6,9-10H2,1H3;3,5H,2,4H2,1H3;2H,1H3;/q-1;;;. The summed E-state index contributed by atoms with van der Waals surface area (Å²) in [6, 6.07) is 7.48. The van der Waals surface area contributed by atoms with Crippen LogP contribution in [0.25, 0.3) is 5.32 Å².